The van der Waals surface area contributed by atoms with Crippen molar-refractivity contribution in [3.05, 3.63) is 29.8 Å². The van der Waals surface area contributed by atoms with Crippen molar-refractivity contribution in [1.82, 2.24) is 10.6 Å². The second-order valence-electron chi connectivity index (χ2n) is 7.44. The van der Waals surface area contributed by atoms with Crippen molar-refractivity contribution in [3.63, 3.8) is 0 Å². The van der Waals surface area contributed by atoms with Gasteiger partial charge in [-0.3, -0.25) is 0 Å². The summed E-state index contributed by atoms with van der Waals surface area (Å²) in [6.45, 7) is 9.22. The lowest BCUT2D eigenvalue weighted by molar-refractivity contribution is 0.391. The second kappa shape index (κ2) is 7.77. The minimum Gasteiger partial charge on any atom is -0.315 e. The van der Waals surface area contributed by atoms with Gasteiger partial charge in [-0.2, -0.15) is 0 Å². The molecule has 130 valence electrons. The highest BCUT2D eigenvalue weighted by Gasteiger charge is 2.18. The van der Waals surface area contributed by atoms with Gasteiger partial charge in [-0.15, -0.1) is 0 Å². The number of piperidine rings is 1. The summed E-state index contributed by atoms with van der Waals surface area (Å²) in [7, 11) is -3.18. The zero-order chi connectivity index (χ0) is 16.9. The van der Waals surface area contributed by atoms with Crippen LogP contribution in [0.2, 0.25) is 0 Å². The van der Waals surface area contributed by atoms with Gasteiger partial charge in [0, 0.05) is 12.6 Å². The Morgan fingerprint density at radius 3 is 2.48 bits per heavy atom. The maximum absolute atomic E-state index is 12.4. The number of hydrogen-bond donors (Lipinski definition) is 2. The topological polar surface area (TPSA) is 58.2 Å². The number of hydrogen-bond acceptors (Lipinski definition) is 4. The van der Waals surface area contributed by atoms with Crippen LogP contribution >= 0.6 is 0 Å². The maximum Gasteiger partial charge on any atom is 0.178 e. The average molecular weight is 339 g/mol. The van der Waals surface area contributed by atoms with Crippen molar-refractivity contribution in [2.75, 3.05) is 25.4 Å². The van der Waals surface area contributed by atoms with Crippen LogP contribution in [-0.4, -0.2) is 39.8 Å². The third-order valence-electron chi connectivity index (χ3n) is 4.40. The van der Waals surface area contributed by atoms with Crippen molar-refractivity contribution < 1.29 is 8.42 Å². The van der Waals surface area contributed by atoms with Crippen LogP contribution in [0.1, 0.15) is 45.6 Å². The Morgan fingerprint density at radius 2 is 1.91 bits per heavy atom. The SMILES string of the molecule is CC(C)(C)c1ccc(S(=O)(=O)CCCNC2CCCNC2)cc1. The van der Waals surface area contributed by atoms with Gasteiger partial charge in [-0.25, -0.2) is 8.42 Å². The molecular weight excluding hydrogens is 308 g/mol. The van der Waals surface area contributed by atoms with Crippen LogP contribution in [0.15, 0.2) is 29.2 Å². The zero-order valence-corrected chi connectivity index (χ0v) is 15.4. The van der Waals surface area contributed by atoms with Crippen molar-refractivity contribution in [2.45, 2.75) is 56.4 Å². The van der Waals surface area contributed by atoms with E-state index in [1.54, 1.807) is 12.1 Å². The Morgan fingerprint density at radius 1 is 1.22 bits per heavy atom. The monoisotopic (exact) mass is 338 g/mol. The minimum atomic E-state index is -3.18. The van der Waals surface area contributed by atoms with Crippen LogP contribution in [0.25, 0.3) is 0 Å². The summed E-state index contributed by atoms with van der Waals surface area (Å²) < 4.78 is 24.8. The molecule has 0 aliphatic carbocycles. The minimum absolute atomic E-state index is 0.0419. The molecule has 0 bridgehead atoms. The van der Waals surface area contributed by atoms with Gasteiger partial charge >= 0.3 is 0 Å². The Labute approximate surface area is 141 Å². The summed E-state index contributed by atoms with van der Waals surface area (Å²) in [4.78, 5) is 0.435. The molecule has 2 N–H and O–H groups in total. The van der Waals surface area contributed by atoms with Gasteiger partial charge in [0.2, 0.25) is 0 Å². The van der Waals surface area contributed by atoms with Crippen LogP contribution in [0.5, 0.6) is 0 Å². The fourth-order valence-electron chi connectivity index (χ4n) is 2.87. The number of sulfone groups is 1. The van der Waals surface area contributed by atoms with Crippen LogP contribution in [0.3, 0.4) is 0 Å². The molecule has 1 unspecified atom stereocenters. The predicted octanol–water partition coefficient (Wildman–Crippen LogP) is 2.49. The summed E-state index contributed by atoms with van der Waals surface area (Å²) in [5.74, 6) is 0.203. The van der Waals surface area contributed by atoms with E-state index in [4.69, 9.17) is 0 Å². The first kappa shape index (κ1) is 18.4. The third-order valence-corrected chi connectivity index (χ3v) is 6.22. The van der Waals surface area contributed by atoms with E-state index in [1.807, 2.05) is 12.1 Å². The highest BCUT2D eigenvalue weighted by atomic mass is 32.2. The lowest BCUT2D eigenvalue weighted by Crippen LogP contribution is -2.43. The maximum atomic E-state index is 12.4. The molecule has 5 heteroatoms. The lowest BCUT2D eigenvalue weighted by Gasteiger charge is -2.23. The molecule has 0 amide bonds. The Kier molecular flexibility index (Phi) is 6.23. The summed E-state index contributed by atoms with van der Waals surface area (Å²) in [5.41, 5.74) is 1.20. The van der Waals surface area contributed by atoms with Crippen LogP contribution < -0.4 is 10.6 Å². The summed E-state index contributed by atoms with van der Waals surface area (Å²) in [6, 6.07) is 7.83. The van der Waals surface area contributed by atoms with E-state index in [0.717, 1.165) is 25.2 Å². The molecule has 0 spiro atoms. The molecular formula is C18H30N2O2S. The molecule has 1 atom stereocenters. The number of rotatable bonds is 6. The molecule has 1 aliphatic heterocycles. The summed E-state index contributed by atoms with van der Waals surface area (Å²) in [5, 5.41) is 6.80. The normalized spacial score (nSPS) is 19.7. The van der Waals surface area contributed by atoms with Gasteiger partial charge < -0.3 is 10.6 Å². The third kappa shape index (κ3) is 5.59. The first-order valence-electron chi connectivity index (χ1n) is 8.56. The zero-order valence-electron chi connectivity index (χ0n) is 14.6. The Balaban J connectivity index is 1.83. The molecule has 1 aromatic rings. The van der Waals surface area contributed by atoms with Gasteiger partial charge in [0.25, 0.3) is 0 Å². The molecule has 1 heterocycles. The van der Waals surface area contributed by atoms with Crippen molar-refractivity contribution in [2.24, 2.45) is 0 Å². The predicted molar refractivity (Wildman–Crippen MR) is 95.7 cm³/mol. The average Bonchev–Trinajstić information content (AvgIpc) is 2.52. The first-order valence-corrected chi connectivity index (χ1v) is 10.2. The van der Waals surface area contributed by atoms with Crippen LogP contribution in [-0.2, 0) is 15.3 Å². The van der Waals surface area contributed by atoms with Gasteiger partial charge in [0.15, 0.2) is 9.84 Å². The first-order chi connectivity index (χ1) is 10.8. The highest BCUT2D eigenvalue weighted by Crippen LogP contribution is 2.23. The molecule has 4 nitrogen and oxygen atoms in total. The molecule has 1 aromatic carbocycles. The fourth-order valence-corrected chi connectivity index (χ4v) is 4.19. The lowest BCUT2D eigenvalue weighted by atomic mass is 9.87. The smallest absolute Gasteiger partial charge is 0.178 e. The molecule has 0 aromatic heterocycles. The molecule has 1 fully saturated rings. The fraction of sp³-hybridized carbons (Fsp3) is 0.667. The molecule has 23 heavy (non-hydrogen) atoms. The summed E-state index contributed by atoms with van der Waals surface area (Å²) >= 11 is 0. The molecule has 0 saturated carbocycles. The van der Waals surface area contributed by atoms with Crippen LogP contribution in [0, 0.1) is 0 Å². The molecule has 1 saturated heterocycles. The van der Waals surface area contributed by atoms with E-state index in [1.165, 1.54) is 12.8 Å². The van der Waals surface area contributed by atoms with Gasteiger partial charge in [-0.05, 0) is 55.5 Å². The Bertz CT molecular complexity index is 582. The van der Waals surface area contributed by atoms with Gasteiger partial charge in [-0.1, -0.05) is 32.9 Å². The second-order valence-corrected chi connectivity index (χ2v) is 9.55. The van der Waals surface area contributed by atoms with E-state index in [-0.39, 0.29) is 11.2 Å². The standard InChI is InChI=1S/C18H30N2O2S/c1-18(2,3)15-7-9-17(10-8-15)23(21,22)13-5-12-20-16-6-4-11-19-14-16/h7-10,16,19-20H,4-6,11-14H2,1-3H3. The quantitative estimate of drug-likeness (QED) is 0.783. The Hall–Kier alpha value is -0.910. The molecule has 1 aliphatic rings. The van der Waals surface area contributed by atoms with E-state index in [9.17, 15) is 8.42 Å². The van der Waals surface area contributed by atoms with Crippen molar-refractivity contribution in [3.8, 4) is 0 Å². The number of benzene rings is 1. The summed E-state index contributed by atoms with van der Waals surface area (Å²) in [6.07, 6.45) is 3.02. The molecule has 2 rings (SSSR count). The largest absolute Gasteiger partial charge is 0.315 e. The van der Waals surface area contributed by atoms with E-state index < -0.39 is 9.84 Å². The van der Waals surface area contributed by atoms with E-state index >= 15 is 0 Å². The van der Waals surface area contributed by atoms with Gasteiger partial charge in [0.1, 0.15) is 0 Å². The van der Waals surface area contributed by atoms with Crippen molar-refractivity contribution >= 4 is 9.84 Å². The van der Waals surface area contributed by atoms with Crippen molar-refractivity contribution in [1.29, 1.82) is 0 Å². The van der Waals surface area contributed by atoms with E-state index in [2.05, 4.69) is 31.4 Å². The van der Waals surface area contributed by atoms with E-state index in [0.29, 0.717) is 17.4 Å². The number of nitrogens with one attached hydrogen (secondary N) is 2. The molecule has 0 radical (unpaired) electrons. The van der Waals surface area contributed by atoms with Crippen LogP contribution in [0.4, 0.5) is 0 Å². The van der Waals surface area contributed by atoms with Gasteiger partial charge in [0.05, 0.1) is 10.6 Å². The highest BCUT2D eigenvalue weighted by molar-refractivity contribution is 7.91.